The van der Waals surface area contributed by atoms with Crippen LogP contribution < -0.4 is 10.7 Å². The lowest BCUT2D eigenvalue weighted by Crippen LogP contribution is -2.48. The largest absolute Gasteiger partial charge is 0.456 e. The average Bonchev–Trinajstić information content (AvgIpc) is 2.51. The highest BCUT2D eigenvalue weighted by molar-refractivity contribution is 5.91. The summed E-state index contributed by atoms with van der Waals surface area (Å²) in [6.07, 6.45) is 1.74. The van der Waals surface area contributed by atoms with E-state index in [1.54, 1.807) is 6.92 Å². The molecule has 1 aliphatic rings. The van der Waals surface area contributed by atoms with Crippen LogP contribution in [0, 0.1) is 12.8 Å². The molecule has 1 aromatic heterocycles. The lowest BCUT2D eigenvalue weighted by atomic mass is 9.75. The van der Waals surface area contributed by atoms with Crippen molar-refractivity contribution in [2.45, 2.75) is 38.3 Å². The molecule has 2 N–H and O–H groups in total. The van der Waals surface area contributed by atoms with Crippen molar-refractivity contribution in [3.8, 4) is 0 Å². The van der Waals surface area contributed by atoms with Crippen LogP contribution in [-0.4, -0.2) is 23.2 Å². The Bertz CT molecular complexity index is 762. The smallest absolute Gasteiger partial charge is 0.287 e. The Morgan fingerprint density at radius 2 is 2.00 bits per heavy atom. The SMILES string of the molecule is Cc1cc(=O)cc(C(=O)N[C@@H](Cc2ccccc2)C2CC(O)C2)o1. The molecule has 1 aromatic carbocycles. The molecule has 0 aliphatic heterocycles. The van der Waals surface area contributed by atoms with Crippen LogP contribution in [0.4, 0.5) is 0 Å². The van der Waals surface area contributed by atoms with Gasteiger partial charge in [0.2, 0.25) is 0 Å². The second kappa shape index (κ2) is 7.01. The number of aliphatic hydroxyl groups excluding tert-OH is 1. The molecule has 1 amide bonds. The summed E-state index contributed by atoms with van der Waals surface area (Å²) in [6.45, 7) is 1.64. The van der Waals surface area contributed by atoms with E-state index in [0.29, 0.717) is 25.0 Å². The quantitative estimate of drug-likeness (QED) is 0.881. The molecule has 0 radical (unpaired) electrons. The zero-order valence-corrected chi connectivity index (χ0v) is 13.6. The summed E-state index contributed by atoms with van der Waals surface area (Å²) in [5.74, 6) is 0.267. The molecule has 2 aromatic rings. The van der Waals surface area contributed by atoms with Gasteiger partial charge in [0.05, 0.1) is 6.10 Å². The summed E-state index contributed by atoms with van der Waals surface area (Å²) in [5, 5.41) is 12.6. The van der Waals surface area contributed by atoms with Gasteiger partial charge in [0.15, 0.2) is 11.2 Å². The Kier molecular flexibility index (Phi) is 4.81. The zero-order valence-electron chi connectivity index (χ0n) is 13.6. The summed E-state index contributed by atoms with van der Waals surface area (Å²) in [4.78, 5) is 24.0. The highest BCUT2D eigenvalue weighted by atomic mass is 16.3. The molecule has 24 heavy (non-hydrogen) atoms. The molecule has 3 rings (SSSR count). The number of aliphatic hydroxyl groups is 1. The van der Waals surface area contributed by atoms with Crippen molar-refractivity contribution in [2.75, 3.05) is 0 Å². The minimum atomic E-state index is -0.391. The topological polar surface area (TPSA) is 79.5 Å². The van der Waals surface area contributed by atoms with Gasteiger partial charge in [-0.15, -0.1) is 0 Å². The van der Waals surface area contributed by atoms with Gasteiger partial charge in [0, 0.05) is 18.2 Å². The van der Waals surface area contributed by atoms with Crippen LogP contribution in [0.5, 0.6) is 0 Å². The van der Waals surface area contributed by atoms with Crippen LogP contribution in [-0.2, 0) is 6.42 Å². The van der Waals surface area contributed by atoms with Gasteiger partial charge in [0.1, 0.15) is 5.76 Å². The Hall–Kier alpha value is -2.40. The molecule has 0 spiro atoms. The number of aryl methyl sites for hydroxylation is 1. The number of hydrogen-bond donors (Lipinski definition) is 2. The van der Waals surface area contributed by atoms with Crippen molar-refractivity contribution in [1.29, 1.82) is 0 Å². The van der Waals surface area contributed by atoms with Crippen LogP contribution >= 0.6 is 0 Å². The fraction of sp³-hybridized carbons (Fsp3) is 0.368. The fourth-order valence-electron chi connectivity index (χ4n) is 3.12. The molecule has 1 aliphatic carbocycles. The van der Waals surface area contributed by atoms with Crippen LogP contribution in [0.1, 0.15) is 34.7 Å². The molecule has 0 saturated heterocycles. The fourth-order valence-corrected chi connectivity index (χ4v) is 3.12. The van der Waals surface area contributed by atoms with Crippen LogP contribution in [0.3, 0.4) is 0 Å². The molecule has 126 valence electrons. The zero-order chi connectivity index (χ0) is 17.1. The predicted octanol–water partition coefficient (Wildman–Crippen LogP) is 2.06. The van der Waals surface area contributed by atoms with Gasteiger partial charge in [-0.25, -0.2) is 0 Å². The molecule has 1 fully saturated rings. The molecular weight excluding hydrogens is 306 g/mol. The molecule has 0 bridgehead atoms. The Balaban J connectivity index is 1.75. The van der Waals surface area contributed by atoms with E-state index in [2.05, 4.69) is 5.32 Å². The van der Waals surface area contributed by atoms with E-state index in [1.807, 2.05) is 30.3 Å². The summed E-state index contributed by atoms with van der Waals surface area (Å²) in [6, 6.07) is 12.4. The third kappa shape index (κ3) is 3.92. The van der Waals surface area contributed by atoms with E-state index < -0.39 is 5.91 Å². The number of rotatable bonds is 5. The van der Waals surface area contributed by atoms with Gasteiger partial charge in [0.25, 0.3) is 5.91 Å². The number of carbonyl (C=O) groups is 1. The molecule has 0 unspecified atom stereocenters. The molecule has 1 saturated carbocycles. The van der Waals surface area contributed by atoms with Crippen LogP contribution in [0.15, 0.2) is 51.7 Å². The van der Waals surface area contributed by atoms with Gasteiger partial charge in [-0.05, 0) is 37.7 Å². The first-order valence-electron chi connectivity index (χ1n) is 8.16. The van der Waals surface area contributed by atoms with Crippen LogP contribution in [0.25, 0.3) is 0 Å². The minimum Gasteiger partial charge on any atom is -0.456 e. The Morgan fingerprint density at radius 1 is 1.29 bits per heavy atom. The number of benzene rings is 1. The van der Waals surface area contributed by atoms with E-state index in [0.717, 1.165) is 5.56 Å². The monoisotopic (exact) mass is 327 g/mol. The minimum absolute atomic E-state index is 0.0259. The van der Waals surface area contributed by atoms with Crippen LogP contribution in [0.2, 0.25) is 0 Å². The summed E-state index contributed by atoms with van der Waals surface area (Å²) in [7, 11) is 0. The van der Waals surface area contributed by atoms with Crippen molar-refractivity contribution in [1.82, 2.24) is 5.32 Å². The van der Waals surface area contributed by atoms with Gasteiger partial charge in [-0.1, -0.05) is 30.3 Å². The first-order chi connectivity index (χ1) is 11.5. The second-order valence-electron chi connectivity index (χ2n) is 6.42. The molecule has 5 heteroatoms. The van der Waals surface area contributed by atoms with Gasteiger partial charge < -0.3 is 14.8 Å². The van der Waals surface area contributed by atoms with Gasteiger partial charge in [-0.2, -0.15) is 0 Å². The van der Waals surface area contributed by atoms with E-state index in [4.69, 9.17) is 4.42 Å². The van der Waals surface area contributed by atoms with Crippen molar-refractivity contribution in [2.24, 2.45) is 5.92 Å². The maximum atomic E-state index is 12.5. The highest BCUT2D eigenvalue weighted by Gasteiger charge is 2.35. The maximum Gasteiger partial charge on any atom is 0.287 e. The van der Waals surface area contributed by atoms with Crippen molar-refractivity contribution in [3.05, 3.63) is 69.8 Å². The normalized spacial score (nSPS) is 20.9. The Labute approximate surface area is 140 Å². The molecule has 1 heterocycles. The highest BCUT2D eigenvalue weighted by Crippen LogP contribution is 2.31. The standard InChI is InChI=1S/C19H21NO4/c1-12-7-15(21)11-18(24-12)19(23)20-17(14-9-16(22)10-14)8-13-5-3-2-4-6-13/h2-7,11,14,16-17,22H,8-10H2,1H3,(H,20,23)/t14?,16?,17-/m0/s1. The third-order valence-corrected chi connectivity index (χ3v) is 4.45. The maximum absolute atomic E-state index is 12.5. The van der Waals surface area contributed by atoms with Crippen molar-refractivity contribution < 1.29 is 14.3 Å². The third-order valence-electron chi connectivity index (χ3n) is 4.45. The predicted molar refractivity (Wildman–Crippen MR) is 89.8 cm³/mol. The van der Waals surface area contributed by atoms with E-state index >= 15 is 0 Å². The first-order valence-corrected chi connectivity index (χ1v) is 8.16. The molecule has 5 nitrogen and oxygen atoms in total. The second-order valence-corrected chi connectivity index (χ2v) is 6.42. The summed E-state index contributed by atoms with van der Waals surface area (Å²) < 4.78 is 5.36. The first kappa shape index (κ1) is 16.5. The van der Waals surface area contributed by atoms with Gasteiger partial charge >= 0.3 is 0 Å². The number of hydrogen-bond acceptors (Lipinski definition) is 4. The van der Waals surface area contributed by atoms with E-state index in [-0.39, 0.29) is 29.3 Å². The van der Waals surface area contributed by atoms with Crippen molar-refractivity contribution in [3.63, 3.8) is 0 Å². The molecule has 1 atom stereocenters. The summed E-state index contributed by atoms with van der Waals surface area (Å²) in [5.41, 5.74) is 0.873. The van der Waals surface area contributed by atoms with E-state index in [1.165, 1.54) is 12.1 Å². The van der Waals surface area contributed by atoms with Gasteiger partial charge in [-0.3, -0.25) is 9.59 Å². The lowest BCUT2D eigenvalue weighted by molar-refractivity contribution is 0.0236. The Morgan fingerprint density at radius 3 is 2.62 bits per heavy atom. The number of carbonyl (C=O) groups excluding carboxylic acids is 1. The van der Waals surface area contributed by atoms with E-state index in [9.17, 15) is 14.7 Å². The summed E-state index contributed by atoms with van der Waals surface area (Å²) >= 11 is 0. The molecular formula is C19H21NO4. The van der Waals surface area contributed by atoms with Crippen molar-refractivity contribution >= 4 is 5.91 Å². The lowest BCUT2D eigenvalue weighted by Gasteiger charge is -2.38. The number of nitrogens with one attached hydrogen (secondary N) is 1. The number of amides is 1. The average molecular weight is 327 g/mol.